The molecule has 1 aliphatic carbocycles. The molecular weight excluding hydrogens is 244 g/mol. The summed E-state index contributed by atoms with van der Waals surface area (Å²) >= 11 is 0. The van der Waals surface area contributed by atoms with Gasteiger partial charge in [0.1, 0.15) is 0 Å². The molecule has 0 amide bonds. The molecule has 0 aromatic heterocycles. The molecule has 20 heavy (non-hydrogen) atoms. The number of nitrogens with one attached hydrogen (secondary N) is 1. The van der Waals surface area contributed by atoms with Gasteiger partial charge in [0, 0.05) is 19.1 Å². The van der Waals surface area contributed by atoms with Crippen LogP contribution in [-0.4, -0.2) is 31.6 Å². The van der Waals surface area contributed by atoms with E-state index in [4.69, 9.17) is 0 Å². The van der Waals surface area contributed by atoms with Crippen molar-refractivity contribution in [1.29, 1.82) is 0 Å². The molecule has 2 unspecified atom stereocenters. The Labute approximate surface area is 124 Å². The lowest BCUT2D eigenvalue weighted by molar-refractivity contribution is 0.207. The summed E-state index contributed by atoms with van der Waals surface area (Å²) in [7, 11) is 4.36. The summed E-state index contributed by atoms with van der Waals surface area (Å²) in [6, 6.07) is 9.55. The van der Waals surface area contributed by atoms with Crippen LogP contribution < -0.4 is 5.32 Å². The Hall–Kier alpha value is -0.860. The van der Waals surface area contributed by atoms with Gasteiger partial charge in [-0.3, -0.25) is 0 Å². The van der Waals surface area contributed by atoms with Crippen LogP contribution in [0.15, 0.2) is 24.3 Å². The minimum absolute atomic E-state index is 0.435. The minimum atomic E-state index is 0.435. The van der Waals surface area contributed by atoms with E-state index in [1.807, 2.05) is 0 Å². The summed E-state index contributed by atoms with van der Waals surface area (Å²) < 4.78 is 0. The van der Waals surface area contributed by atoms with Gasteiger partial charge in [-0.25, -0.2) is 0 Å². The van der Waals surface area contributed by atoms with E-state index in [0.717, 1.165) is 12.5 Å². The van der Waals surface area contributed by atoms with Gasteiger partial charge in [0.25, 0.3) is 0 Å². The van der Waals surface area contributed by atoms with Crippen LogP contribution in [0.2, 0.25) is 0 Å². The second-order valence-corrected chi connectivity index (χ2v) is 7.24. The van der Waals surface area contributed by atoms with Crippen molar-refractivity contribution < 1.29 is 0 Å². The Morgan fingerprint density at radius 1 is 1.25 bits per heavy atom. The fourth-order valence-corrected chi connectivity index (χ4v) is 3.81. The first-order valence-corrected chi connectivity index (χ1v) is 7.84. The van der Waals surface area contributed by atoms with Crippen molar-refractivity contribution in [2.75, 3.05) is 20.6 Å². The Balaban J connectivity index is 1.91. The third-order valence-corrected chi connectivity index (χ3v) is 4.90. The summed E-state index contributed by atoms with van der Waals surface area (Å²) in [5, 5.41) is 3.55. The minimum Gasteiger partial charge on any atom is -0.316 e. The Kier molecular flexibility index (Phi) is 4.87. The van der Waals surface area contributed by atoms with E-state index in [1.54, 1.807) is 0 Å². The summed E-state index contributed by atoms with van der Waals surface area (Å²) in [5.41, 5.74) is 3.19. The van der Waals surface area contributed by atoms with Gasteiger partial charge in [0.15, 0.2) is 0 Å². The molecule has 0 spiro atoms. The molecule has 0 radical (unpaired) electrons. The average molecular weight is 274 g/mol. The second-order valence-electron chi connectivity index (χ2n) is 7.24. The molecule has 2 atom stereocenters. The van der Waals surface area contributed by atoms with Crippen molar-refractivity contribution in [3.05, 3.63) is 35.4 Å². The lowest BCUT2D eigenvalue weighted by Gasteiger charge is -2.32. The van der Waals surface area contributed by atoms with Gasteiger partial charge in [0.2, 0.25) is 0 Å². The predicted octanol–water partition coefficient (Wildman–Crippen LogP) is 3.45. The molecule has 1 aliphatic rings. The normalized spacial score (nSPS) is 25.3. The molecule has 0 bridgehead atoms. The van der Waals surface area contributed by atoms with E-state index >= 15 is 0 Å². The quantitative estimate of drug-likeness (QED) is 0.884. The Morgan fingerprint density at radius 2 is 1.90 bits per heavy atom. The van der Waals surface area contributed by atoms with Crippen LogP contribution in [0.25, 0.3) is 0 Å². The molecule has 1 fully saturated rings. The van der Waals surface area contributed by atoms with Crippen LogP contribution in [0.4, 0.5) is 0 Å². The zero-order chi connectivity index (χ0) is 14.8. The van der Waals surface area contributed by atoms with E-state index in [-0.39, 0.29) is 0 Å². The zero-order valence-corrected chi connectivity index (χ0v) is 13.7. The number of nitrogens with zero attached hydrogens (tertiary/aromatic N) is 1. The molecule has 2 heteroatoms. The summed E-state index contributed by atoms with van der Waals surface area (Å²) in [5.74, 6) is 0.769. The van der Waals surface area contributed by atoms with Gasteiger partial charge in [-0.15, -0.1) is 0 Å². The largest absolute Gasteiger partial charge is 0.316 e. The molecule has 2 nitrogen and oxygen atoms in total. The van der Waals surface area contributed by atoms with E-state index in [2.05, 4.69) is 69.3 Å². The maximum atomic E-state index is 3.55. The van der Waals surface area contributed by atoms with Crippen molar-refractivity contribution in [3.8, 4) is 0 Å². The van der Waals surface area contributed by atoms with E-state index in [1.165, 1.54) is 30.5 Å². The molecule has 2 rings (SSSR count). The molecule has 1 N–H and O–H groups in total. The first kappa shape index (κ1) is 15.5. The van der Waals surface area contributed by atoms with Crippen molar-refractivity contribution in [2.45, 2.75) is 46.2 Å². The van der Waals surface area contributed by atoms with E-state index < -0.39 is 0 Å². The summed E-state index contributed by atoms with van der Waals surface area (Å²) in [6.45, 7) is 9.17. The van der Waals surface area contributed by atoms with Crippen LogP contribution in [0.5, 0.6) is 0 Å². The topological polar surface area (TPSA) is 15.3 Å². The van der Waals surface area contributed by atoms with Crippen molar-refractivity contribution in [2.24, 2.45) is 11.3 Å². The molecule has 1 aromatic carbocycles. The molecule has 0 heterocycles. The van der Waals surface area contributed by atoms with Crippen LogP contribution in [-0.2, 0) is 6.54 Å². The van der Waals surface area contributed by atoms with Gasteiger partial charge in [0.05, 0.1) is 0 Å². The van der Waals surface area contributed by atoms with Gasteiger partial charge < -0.3 is 10.2 Å². The van der Waals surface area contributed by atoms with Crippen molar-refractivity contribution in [3.63, 3.8) is 0 Å². The molecule has 0 saturated heterocycles. The second kappa shape index (κ2) is 6.28. The third-order valence-electron chi connectivity index (χ3n) is 4.90. The van der Waals surface area contributed by atoms with Crippen molar-refractivity contribution in [1.82, 2.24) is 10.2 Å². The Morgan fingerprint density at radius 3 is 2.50 bits per heavy atom. The predicted molar refractivity (Wildman–Crippen MR) is 86.9 cm³/mol. The average Bonchev–Trinajstić information content (AvgIpc) is 2.66. The van der Waals surface area contributed by atoms with Crippen LogP contribution in [0.1, 0.15) is 37.8 Å². The van der Waals surface area contributed by atoms with Crippen LogP contribution in [0, 0.1) is 18.3 Å². The number of hydrogen-bond donors (Lipinski definition) is 1. The SMILES string of the molecule is CNC1C(CN(C)Cc2ccc(C)cc2)CCC1(C)C. The molecule has 1 saturated carbocycles. The highest BCUT2D eigenvalue weighted by atomic mass is 15.1. The monoisotopic (exact) mass is 274 g/mol. The van der Waals surface area contributed by atoms with Crippen LogP contribution in [0.3, 0.4) is 0 Å². The first-order chi connectivity index (χ1) is 9.42. The maximum absolute atomic E-state index is 3.55. The maximum Gasteiger partial charge on any atom is 0.0230 e. The third kappa shape index (κ3) is 3.62. The number of aryl methyl sites for hydroxylation is 1. The molecule has 1 aromatic rings. The smallest absolute Gasteiger partial charge is 0.0230 e. The standard InChI is InChI=1S/C18H30N2/c1-14-6-8-15(9-7-14)12-20(5)13-16-10-11-18(2,3)17(16)19-4/h6-9,16-17,19H,10-13H2,1-5H3. The van der Waals surface area contributed by atoms with Gasteiger partial charge >= 0.3 is 0 Å². The first-order valence-electron chi connectivity index (χ1n) is 7.84. The highest BCUT2D eigenvalue weighted by molar-refractivity contribution is 5.21. The van der Waals surface area contributed by atoms with Gasteiger partial charge in [-0.05, 0) is 50.8 Å². The van der Waals surface area contributed by atoms with Gasteiger partial charge in [-0.2, -0.15) is 0 Å². The molecule has 112 valence electrons. The fraction of sp³-hybridized carbons (Fsp3) is 0.667. The van der Waals surface area contributed by atoms with Crippen molar-refractivity contribution >= 4 is 0 Å². The zero-order valence-electron chi connectivity index (χ0n) is 13.7. The molecule has 0 aliphatic heterocycles. The highest BCUT2D eigenvalue weighted by Crippen LogP contribution is 2.41. The number of rotatable bonds is 5. The van der Waals surface area contributed by atoms with Gasteiger partial charge in [-0.1, -0.05) is 43.7 Å². The Bertz CT molecular complexity index is 422. The fourth-order valence-electron chi connectivity index (χ4n) is 3.81. The molecular formula is C18H30N2. The number of benzene rings is 1. The van der Waals surface area contributed by atoms with E-state index in [9.17, 15) is 0 Å². The summed E-state index contributed by atoms with van der Waals surface area (Å²) in [4.78, 5) is 2.47. The highest BCUT2D eigenvalue weighted by Gasteiger charge is 2.40. The van der Waals surface area contributed by atoms with E-state index in [0.29, 0.717) is 11.5 Å². The number of hydrogen-bond acceptors (Lipinski definition) is 2. The lowest BCUT2D eigenvalue weighted by atomic mass is 9.85. The summed E-state index contributed by atoms with van der Waals surface area (Å²) in [6.07, 6.45) is 2.68. The van der Waals surface area contributed by atoms with Crippen LogP contribution >= 0.6 is 0 Å². The lowest BCUT2D eigenvalue weighted by Crippen LogP contribution is -2.43.